The van der Waals surface area contributed by atoms with Crippen LogP contribution in [0.4, 0.5) is 0 Å². The van der Waals surface area contributed by atoms with Gasteiger partial charge in [-0.1, -0.05) is 12.8 Å². The van der Waals surface area contributed by atoms with Crippen LogP contribution in [0.3, 0.4) is 0 Å². The quantitative estimate of drug-likeness (QED) is 0.432. The largest absolute Gasteiger partial charge is 0.466 e. The minimum Gasteiger partial charge on any atom is -0.466 e. The lowest BCUT2D eigenvalue weighted by molar-refractivity contribution is -0.149. The molecule has 0 aromatic heterocycles. The first-order valence-corrected chi connectivity index (χ1v) is 10.1. The summed E-state index contributed by atoms with van der Waals surface area (Å²) < 4.78 is 5.16. The number of aliphatic imine (C=N–C) groups is 1. The maximum absolute atomic E-state index is 11.9. The number of esters is 1. The lowest BCUT2D eigenvalue weighted by Gasteiger charge is -2.33. The fourth-order valence-electron chi connectivity index (χ4n) is 3.85. The number of likely N-dealkylation sites (tertiary alicyclic amines) is 1. The summed E-state index contributed by atoms with van der Waals surface area (Å²) in [6.07, 6.45) is 7.12. The van der Waals surface area contributed by atoms with Crippen molar-refractivity contribution >= 4 is 11.9 Å². The molecule has 1 saturated heterocycles. The van der Waals surface area contributed by atoms with Gasteiger partial charge in [-0.25, -0.2) is 0 Å². The highest BCUT2D eigenvalue weighted by molar-refractivity contribution is 5.80. The van der Waals surface area contributed by atoms with Gasteiger partial charge < -0.3 is 19.9 Å². The predicted molar refractivity (Wildman–Crippen MR) is 102 cm³/mol. The first-order valence-electron chi connectivity index (χ1n) is 10.1. The Hall–Kier alpha value is -1.30. The lowest BCUT2D eigenvalue weighted by atomic mass is 9.97. The summed E-state index contributed by atoms with van der Waals surface area (Å²) in [6, 6.07) is 0.748. The van der Waals surface area contributed by atoms with Crippen LogP contribution in [0, 0.1) is 5.92 Å². The van der Waals surface area contributed by atoms with Crippen LogP contribution in [0.5, 0.6) is 0 Å². The zero-order valence-electron chi connectivity index (χ0n) is 16.3. The standard InChI is InChI=1S/C19H36N4O2/c1-4-20-19(21-12-15-22(3)17-8-6-7-9-17)23-13-10-16(11-14-23)18(24)25-5-2/h16-17H,4-15H2,1-3H3,(H,20,21). The zero-order chi connectivity index (χ0) is 18.1. The highest BCUT2D eigenvalue weighted by atomic mass is 16.5. The average molecular weight is 353 g/mol. The Balaban J connectivity index is 1.80. The third-order valence-electron chi connectivity index (χ3n) is 5.41. The van der Waals surface area contributed by atoms with Gasteiger partial charge in [0.2, 0.25) is 0 Å². The van der Waals surface area contributed by atoms with Crippen molar-refractivity contribution in [3.05, 3.63) is 0 Å². The van der Waals surface area contributed by atoms with E-state index < -0.39 is 0 Å². The second kappa shape index (κ2) is 10.6. The molecule has 25 heavy (non-hydrogen) atoms. The van der Waals surface area contributed by atoms with Gasteiger partial charge in [0.05, 0.1) is 19.1 Å². The van der Waals surface area contributed by atoms with Crippen LogP contribution in [0.1, 0.15) is 52.4 Å². The first-order chi connectivity index (χ1) is 12.2. The Bertz CT molecular complexity index is 427. The van der Waals surface area contributed by atoms with Gasteiger partial charge in [-0.2, -0.15) is 0 Å². The van der Waals surface area contributed by atoms with Crippen molar-refractivity contribution in [1.82, 2.24) is 15.1 Å². The van der Waals surface area contributed by atoms with Gasteiger partial charge >= 0.3 is 5.97 Å². The van der Waals surface area contributed by atoms with E-state index in [2.05, 4.69) is 29.1 Å². The minimum absolute atomic E-state index is 0.0396. The van der Waals surface area contributed by atoms with E-state index in [0.29, 0.717) is 6.61 Å². The van der Waals surface area contributed by atoms with Gasteiger partial charge in [-0.3, -0.25) is 9.79 Å². The molecule has 1 heterocycles. The summed E-state index contributed by atoms with van der Waals surface area (Å²) in [6.45, 7) is 8.89. The van der Waals surface area contributed by atoms with Gasteiger partial charge in [0.1, 0.15) is 0 Å². The summed E-state index contributed by atoms with van der Waals surface area (Å²) >= 11 is 0. The van der Waals surface area contributed by atoms with Gasteiger partial charge in [0.15, 0.2) is 5.96 Å². The summed E-state index contributed by atoms with van der Waals surface area (Å²) in [5, 5.41) is 3.41. The minimum atomic E-state index is -0.0396. The number of guanidine groups is 1. The van der Waals surface area contributed by atoms with Crippen molar-refractivity contribution in [3.63, 3.8) is 0 Å². The monoisotopic (exact) mass is 352 g/mol. The molecule has 2 rings (SSSR count). The number of likely N-dealkylation sites (N-methyl/N-ethyl adjacent to an activating group) is 1. The molecular formula is C19H36N4O2. The lowest BCUT2D eigenvalue weighted by Crippen LogP contribution is -2.47. The van der Waals surface area contributed by atoms with Gasteiger partial charge in [0, 0.05) is 32.2 Å². The summed E-state index contributed by atoms with van der Waals surface area (Å²) in [7, 11) is 2.23. The zero-order valence-corrected chi connectivity index (χ0v) is 16.3. The highest BCUT2D eigenvalue weighted by Crippen LogP contribution is 2.22. The Morgan fingerprint density at radius 1 is 1.20 bits per heavy atom. The van der Waals surface area contributed by atoms with E-state index in [4.69, 9.17) is 9.73 Å². The molecule has 6 heteroatoms. The second-order valence-corrected chi connectivity index (χ2v) is 7.17. The number of piperidine rings is 1. The molecular weight excluding hydrogens is 316 g/mol. The molecule has 0 bridgehead atoms. The predicted octanol–water partition coefficient (Wildman–Crippen LogP) is 2.10. The Kier molecular flexibility index (Phi) is 8.52. The van der Waals surface area contributed by atoms with Crippen molar-refractivity contribution in [1.29, 1.82) is 0 Å². The first kappa shape index (κ1) is 20.0. The summed E-state index contributed by atoms with van der Waals surface area (Å²) in [5.74, 6) is 1.000. The number of nitrogens with zero attached hydrogens (tertiary/aromatic N) is 3. The number of hydrogen-bond donors (Lipinski definition) is 1. The number of ether oxygens (including phenoxy) is 1. The van der Waals surface area contributed by atoms with Crippen molar-refractivity contribution in [2.24, 2.45) is 10.9 Å². The Labute approximate surface area is 153 Å². The van der Waals surface area contributed by atoms with Gasteiger partial charge in [-0.05, 0) is 46.6 Å². The van der Waals surface area contributed by atoms with Crippen LogP contribution in [0.2, 0.25) is 0 Å². The summed E-state index contributed by atoms with van der Waals surface area (Å²) in [5.41, 5.74) is 0. The molecule has 1 aliphatic carbocycles. The van der Waals surface area contributed by atoms with E-state index in [1.807, 2.05) is 6.92 Å². The van der Waals surface area contributed by atoms with Crippen LogP contribution in [-0.4, -0.2) is 74.1 Å². The van der Waals surface area contributed by atoms with E-state index in [0.717, 1.165) is 57.6 Å². The van der Waals surface area contributed by atoms with Crippen molar-refractivity contribution in [3.8, 4) is 0 Å². The molecule has 1 aliphatic heterocycles. The molecule has 0 atom stereocenters. The average Bonchev–Trinajstić information content (AvgIpc) is 3.16. The number of carbonyl (C=O) groups is 1. The molecule has 0 spiro atoms. The molecule has 144 valence electrons. The maximum atomic E-state index is 11.9. The molecule has 0 aromatic rings. The fourth-order valence-corrected chi connectivity index (χ4v) is 3.85. The Morgan fingerprint density at radius 2 is 1.88 bits per heavy atom. The third kappa shape index (κ3) is 6.17. The van der Waals surface area contributed by atoms with Crippen LogP contribution in [0.25, 0.3) is 0 Å². The van der Waals surface area contributed by atoms with Crippen molar-refractivity contribution in [2.45, 2.75) is 58.4 Å². The molecule has 2 aliphatic rings. The number of hydrogen-bond acceptors (Lipinski definition) is 4. The molecule has 0 amide bonds. The van der Waals surface area contributed by atoms with E-state index in [1.54, 1.807) is 0 Å². The van der Waals surface area contributed by atoms with Crippen molar-refractivity contribution < 1.29 is 9.53 Å². The van der Waals surface area contributed by atoms with Crippen LogP contribution >= 0.6 is 0 Å². The molecule has 0 aromatic carbocycles. The number of carbonyl (C=O) groups excluding carboxylic acids is 1. The summed E-state index contributed by atoms with van der Waals surface area (Å²) in [4.78, 5) is 21.5. The van der Waals surface area contributed by atoms with Gasteiger partial charge in [0.25, 0.3) is 0 Å². The van der Waals surface area contributed by atoms with E-state index in [-0.39, 0.29) is 11.9 Å². The fraction of sp³-hybridized carbons (Fsp3) is 0.895. The van der Waals surface area contributed by atoms with Crippen LogP contribution < -0.4 is 5.32 Å². The van der Waals surface area contributed by atoms with Crippen LogP contribution in [0.15, 0.2) is 4.99 Å². The Morgan fingerprint density at radius 3 is 2.48 bits per heavy atom. The number of rotatable bonds is 7. The van der Waals surface area contributed by atoms with E-state index in [1.165, 1.54) is 25.7 Å². The SMILES string of the molecule is CCNC(=NCCN(C)C1CCCC1)N1CCC(C(=O)OCC)CC1. The molecule has 6 nitrogen and oxygen atoms in total. The topological polar surface area (TPSA) is 57.2 Å². The van der Waals surface area contributed by atoms with Crippen LogP contribution in [-0.2, 0) is 9.53 Å². The van der Waals surface area contributed by atoms with E-state index >= 15 is 0 Å². The smallest absolute Gasteiger partial charge is 0.309 e. The normalized spacial score (nSPS) is 20.3. The molecule has 2 fully saturated rings. The van der Waals surface area contributed by atoms with Gasteiger partial charge in [-0.15, -0.1) is 0 Å². The molecule has 1 saturated carbocycles. The highest BCUT2D eigenvalue weighted by Gasteiger charge is 2.27. The second-order valence-electron chi connectivity index (χ2n) is 7.17. The third-order valence-corrected chi connectivity index (χ3v) is 5.41. The molecule has 0 radical (unpaired) electrons. The van der Waals surface area contributed by atoms with E-state index in [9.17, 15) is 4.79 Å². The number of nitrogens with one attached hydrogen (secondary N) is 1. The molecule has 1 N–H and O–H groups in total. The maximum Gasteiger partial charge on any atom is 0.309 e. The molecule has 0 unspecified atom stereocenters. The van der Waals surface area contributed by atoms with Crippen molar-refractivity contribution in [2.75, 3.05) is 46.4 Å².